The lowest BCUT2D eigenvalue weighted by Crippen LogP contribution is -2.44. The Morgan fingerprint density at radius 1 is 0.491 bits per heavy atom. The molecule has 1 aliphatic rings. The minimum Gasteiger partial charge on any atom is -0.0984 e. The van der Waals surface area contributed by atoms with Crippen molar-refractivity contribution in [1.29, 1.82) is 0 Å². The summed E-state index contributed by atoms with van der Waals surface area (Å²) in [6, 6.07) is 62.9. The molecule has 0 heterocycles. The second kappa shape index (κ2) is 14.9. The average Bonchev–Trinajstić information content (AvgIpc) is 3.51. The van der Waals surface area contributed by atoms with Crippen molar-refractivity contribution in [3.63, 3.8) is 0 Å². The summed E-state index contributed by atoms with van der Waals surface area (Å²) < 4.78 is 0. The first kappa shape index (κ1) is 35.8. The number of rotatable bonds is 9. The molecule has 0 fully saturated rings. The number of aryl methyl sites for hydroxylation is 3. The predicted octanol–water partition coefficient (Wildman–Crippen LogP) is 12.4. The summed E-state index contributed by atoms with van der Waals surface area (Å²) in [5.41, 5.74) is 21.1. The molecule has 0 amide bonds. The van der Waals surface area contributed by atoms with Crippen LogP contribution < -0.4 is 10.9 Å². The molecule has 0 saturated carbocycles. The van der Waals surface area contributed by atoms with E-state index in [9.17, 15) is 0 Å². The topological polar surface area (TPSA) is 0 Å². The minimum atomic E-state index is -0.469. The van der Waals surface area contributed by atoms with Gasteiger partial charge in [0.15, 0.2) is 0 Å². The normalized spacial score (nSPS) is 13.4. The third kappa shape index (κ3) is 6.24. The quantitative estimate of drug-likeness (QED) is 0.104. The van der Waals surface area contributed by atoms with Crippen LogP contribution in [0, 0.1) is 20.8 Å². The first-order chi connectivity index (χ1) is 26.8. The Morgan fingerprint density at radius 3 is 1.67 bits per heavy atom. The van der Waals surface area contributed by atoms with Gasteiger partial charge in [0.05, 0.1) is 5.41 Å². The van der Waals surface area contributed by atoms with Gasteiger partial charge in [-0.25, -0.2) is 0 Å². The zero-order valence-electron chi connectivity index (χ0n) is 32.6. The third-order valence-corrected chi connectivity index (χ3v) is 11.8. The van der Waals surface area contributed by atoms with Gasteiger partial charge in [-0.2, -0.15) is 0 Å². The summed E-state index contributed by atoms with van der Waals surface area (Å²) in [6.07, 6.45) is 4.41. The van der Waals surface area contributed by atoms with Gasteiger partial charge in [0, 0.05) is 0 Å². The van der Waals surface area contributed by atoms with Crippen LogP contribution in [0.15, 0.2) is 200 Å². The van der Waals surface area contributed by atoms with Crippen LogP contribution in [0.3, 0.4) is 0 Å². The molecule has 266 valence electrons. The maximum Gasteiger partial charge on any atom is 0.236 e. The molecule has 55 heavy (non-hydrogen) atoms. The molecule has 0 atom stereocenters. The van der Waals surface area contributed by atoms with Crippen molar-refractivity contribution in [3.8, 4) is 22.3 Å². The van der Waals surface area contributed by atoms with Crippen molar-refractivity contribution in [2.24, 2.45) is 0 Å². The van der Waals surface area contributed by atoms with Crippen LogP contribution in [-0.4, -0.2) is 6.71 Å². The summed E-state index contributed by atoms with van der Waals surface area (Å²) in [6.45, 7) is 15.4. The number of fused-ring (bicyclic) bond motifs is 3. The van der Waals surface area contributed by atoms with Gasteiger partial charge in [-0.1, -0.05) is 212 Å². The van der Waals surface area contributed by atoms with Gasteiger partial charge in [0.1, 0.15) is 0 Å². The Balaban J connectivity index is 1.40. The molecule has 8 rings (SSSR count). The third-order valence-electron chi connectivity index (χ3n) is 11.8. The monoisotopic (exact) mass is 706 g/mol. The summed E-state index contributed by atoms with van der Waals surface area (Å²) in [7, 11) is 0. The Kier molecular flexibility index (Phi) is 9.72. The van der Waals surface area contributed by atoms with Crippen molar-refractivity contribution in [2.75, 3.05) is 0 Å². The number of benzene rings is 7. The van der Waals surface area contributed by atoms with Gasteiger partial charge in [-0.05, 0) is 106 Å². The standard InChI is InChI=1S/C54H47B/c1-7-46(47-26-16-14-20-37(47)2)40(5)34-41(6)55(44-31-30-39(4)51(35-44)48-27-17-15-21-38(48)3)45-32-33-50-49-28-18-19-29-52(49)54(53(50)36-45,42-22-10-8-11-23-42)43-24-12-9-13-25-43/h7-36H,1H2,2-6H3/b41-34+,46-40+. The van der Waals surface area contributed by atoms with Crippen molar-refractivity contribution >= 4 is 23.2 Å². The molecular weight excluding hydrogens is 659 g/mol. The van der Waals surface area contributed by atoms with Crippen molar-refractivity contribution in [3.05, 3.63) is 244 Å². The van der Waals surface area contributed by atoms with E-state index in [1.165, 1.54) is 88.7 Å². The van der Waals surface area contributed by atoms with Crippen LogP contribution in [0.1, 0.15) is 58.4 Å². The molecule has 0 unspecified atom stereocenters. The van der Waals surface area contributed by atoms with Gasteiger partial charge in [0.2, 0.25) is 6.71 Å². The van der Waals surface area contributed by atoms with Gasteiger partial charge < -0.3 is 0 Å². The first-order valence-corrected chi connectivity index (χ1v) is 19.4. The second-order valence-electron chi connectivity index (χ2n) is 15.2. The zero-order valence-corrected chi connectivity index (χ0v) is 32.6. The van der Waals surface area contributed by atoms with Gasteiger partial charge in [0.25, 0.3) is 0 Å². The van der Waals surface area contributed by atoms with Crippen molar-refractivity contribution < 1.29 is 0 Å². The molecule has 1 aliphatic carbocycles. The first-order valence-electron chi connectivity index (χ1n) is 19.4. The lowest BCUT2D eigenvalue weighted by Gasteiger charge is -2.34. The second-order valence-corrected chi connectivity index (χ2v) is 15.2. The molecule has 0 nitrogen and oxygen atoms in total. The highest BCUT2D eigenvalue weighted by Gasteiger charge is 2.46. The van der Waals surface area contributed by atoms with E-state index in [0.29, 0.717) is 0 Å². The molecule has 1 heteroatoms. The SMILES string of the molecule is C=C/C(=C(C)\C=C(/C)B(c1ccc(C)c(-c2ccccc2C)c1)c1ccc2c(c1)C(c1ccccc1)(c1ccccc1)c1ccccc1-2)c1ccccc1C. The van der Waals surface area contributed by atoms with E-state index in [1.54, 1.807) is 0 Å². The highest BCUT2D eigenvalue weighted by molar-refractivity contribution is 6.90. The molecular formula is C54H47B. The fraction of sp³-hybridized carbons (Fsp3) is 0.111. The van der Waals surface area contributed by atoms with Crippen LogP contribution in [0.2, 0.25) is 0 Å². The Bertz CT molecular complexity index is 2560. The van der Waals surface area contributed by atoms with Crippen LogP contribution in [0.25, 0.3) is 27.8 Å². The molecule has 0 saturated heterocycles. The number of hydrogen-bond donors (Lipinski definition) is 0. The van der Waals surface area contributed by atoms with E-state index >= 15 is 0 Å². The van der Waals surface area contributed by atoms with Gasteiger partial charge >= 0.3 is 0 Å². The van der Waals surface area contributed by atoms with E-state index in [0.717, 1.165) is 5.57 Å². The molecule has 7 aromatic rings. The summed E-state index contributed by atoms with van der Waals surface area (Å²) in [5, 5.41) is 0. The highest BCUT2D eigenvalue weighted by Crippen LogP contribution is 2.55. The molecule has 0 aromatic heterocycles. The van der Waals surface area contributed by atoms with E-state index < -0.39 is 5.41 Å². The van der Waals surface area contributed by atoms with E-state index in [4.69, 9.17) is 0 Å². The summed E-state index contributed by atoms with van der Waals surface area (Å²) in [4.78, 5) is 0. The maximum atomic E-state index is 4.28. The fourth-order valence-corrected chi connectivity index (χ4v) is 9.21. The van der Waals surface area contributed by atoms with Crippen LogP contribution in [0.5, 0.6) is 0 Å². The van der Waals surface area contributed by atoms with E-state index in [-0.39, 0.29) is 6.71 Å². The minimum absolute atomic E-state index is 0.000451. The van der Waals surface area contributed by atoms with Crippen molar-refractivity contribution in [2.45, 2.75) is 40.0 Å². The Morgan fingerprint density at radius 2 is 1.02 bits per heavy atom. The smallest absolute Gasteiger partial charge is 0.0984 e. The lowest BCUT2D eigenvalue weighted by atomic mass is 9.36. The summed E-state index contributed by atoms with van der Waals surface area (Å²) in [5.74, 6) is 0. The fourth-order valence-electron chi connectivity index (χ4n) is 9.21. The number of allylic oxidation sites excluding steroid dienone is 5. The molecule has 0 radical (unpaired) electrons. The lowest BCUT2D eigenvalue weighted by molar-refractivity contribution is 0.769. The Labute approximate surface area is 328 Å². The van der Waals surface area contributed by atoms with E-state index in [2.05, 4.69) is 217 Å². The van der Waals surface area contributed by atoms with Crippen molar-refractivity contribution in [1.82, 2.24) is 0 Å². The van der Waals surface area contributed by atoms with Gasteiger partial charge in [-0.15, -0.1) is 0 Å². The molecule has 0 aliphatic heterocycles. The van der Waals surface area contributed by atoms with E-state index in [1.807, 2.05) is 6.08 Å². The van der Waals surface area contributed by atoms with Crippen LogP contribution >= 0.6 is 0 Å². The predicted molar refractivity (Wildman–Crippen MR) is 238 cm³/mol. The largest absolute Gasteiger partial charge is 0.236 e. The molecule has 0 N–H and O–H groups in total. The zero-order chi connectivity index (χ0) is 38.1. The summed E-state index contributed by atoms with van der Waals surface area (Å²) >= 11 is 0. The molecule has 0 bridgehead atoms. The highest BCUT2D eigenvalue weighted by atomic mass is 14.5. The van der Waals surface area contributed by atoms with Gasteiger partial charge in [-0.3, -0.25) is 0 Å². The van der Waals surface area contributed by atoms with Crippen LogP contribution in [-0.2, 0) is 5.41 Å². The maximum absolute atomic E-state index is 4.28. The van der Waals surface area contributed by atoms with Crippen LogP contribution in [0.4, 0.5) is 0 Å². The average molecular weight is 707 g/mol. The number of hydrogen-bond acceptors (Lipinski definition) is 0. The molecule has 0 spiro atoms. The Hall–Kier alpha value is -6.18. The molecule has 7 aromatic carbocycles.